The Balaban J connectivity index is 3.24. The lowest BCUT2D eigenvalue weighted by Gasteiger charge is -2.10. The van der Waals surface area contributed by atoms with Gasteiger partial charge in [-0.05, 0) is 12.5 Å². The fourth-order valence-corrected chi connectivity index (χ4v) is 1.59. The molecule has 0 fully saturated rings. The molecule has 0 aliphatic rings. The minimum atomic E-state index is -2.84. The van der Waals surface area contributed by atoms with E-state index in [1.807, 2.05) is 0 Å². The van der Waals surface area contributed by atoms with Gasteiger partial charge in [-0.25, -0.2) is 13.8 Å². The van der Waals surface area contributed by atoms with Crippen molar-refractivity contribution in [2.45, 2.75) is 19.8 Å². The van der Waals surface area contributed by atoms with Crippen LogP contribution in [0.4, 0.5) is 8.78 Å². The number of hydrogen-bond acceptors (Lipinski definition) is 4. The van der Waals surface area contributed by atoms with Crippen LogP contribution < -0.4 is 0 Å². The second kappa shape index (κ2) is 6.26. The third-order valence-electron chi connectivity index (χ3n) is 2.15. The summed E-state index contributed by atoms with van der Waals surface area (Å²) in [6.45, 7) is 1.72. The van der Waals surface area contributed by atoms with Crippen molar-refractivity contribution in [3.05, 3.63) is 28.0 Å². The Morgan fingerprint density at radius 3 is 2.83 bits per heavy atom. The van der Waals surface area contributed by atoms with Gasteiger partial charge in [0.2, 0.25) is 0 Å². The van der Waals surface area contributed by atoms with Gasteiger partial charge in [0, 0.05) is 11.8 Å². The number of pyridine rings is 1. The SMILES string of the molecule is CCOC(=O)Cc1c(C(F)F)cnc(Cl)c1C#N. The van der Waals surface area contributed by atoms with Crippen molar-refractivity contribution in [3.63, 3.8) is 0 Å². The Bertz CT molecular complexity index is 501. The molecule has 0 aliphatic heterocycles. The van der Waals surface area contributed by atoms with Crippen LogP contribution in [0.5, 0.6) is 0 Å². The molecule has 0 atom stereocenters. The van der Waals surface area contributed by atoms with E-state index in [-0.39, 0.29) is 22.9 Å². The van der Waals surface area contributed by atoms with Gasteiger partial charge >= 0.3 is 5.97 Å². The number of ether oxygens (including phenoxy) is 1. The number of esters is 1. The van der Waals surface area contributed by atoms with E-state index in [0.717, 1.165) is 6.20 Å². The Morgan fingerprint density at radius 1 is 1.67 bits per heavy atom. The van der Waals surface area contributed by atoms with Crippen molar-refractivity contribution in [3.8, 4) is 6.07 Å². The zero-order valence-electron chi connectivity index (χ0n) is 9.41. The highest BCUT2D eigenvalue weighted by molar-refractivity contribution is 6.30. The number of carbonyl (C=O) groups excluding carboxylic acids is 1. The van der Waals surface area contributed by atoms with Gasteiger partial charge in [0.25, 0.3) is 6.43 Å². The first-order valence-corrected chi connectivity index (χ1v) is 5.40. The third-order valence-corrected chi connectivity index (χ3v) is 2.43. The number of nitrogens with zero attached hydrogens (tertiary/aromatic N) is 2. The highest BCUT2D eigenvalue weighted by Crippen LogP contribution is 2.28. The number of alkyl halides is 2. The van der Waals surface area contributed by atoms with Crippen LogP contribution in [-0.4, -0.2) is 17.6 Å². The molecule has 0 saturated heterocycles. The maximum atomic E-state index is 12.8. The Morgan fingerprint density at radius 2 is 2.33 bits per heavy atom. The van der Waals surface area contributed by atoms with Crippen molar-refractivity contribution in [1.82, 2.24) is 4.98 Å². The van der Waals surface area contributed by atoms with Crippen LogP contribution in [0, 0.1) is 11.3 Å². The summed E-state index contributed by atoms with van der Waals surface area (Å²) < 4.78 is 30.2. The normalized spacial score (nSPS) is 10.2. The van der Waals surface area contributed by atoms with Crippen LogP contribution in [0.3, 0.4) is 0 Å². The molecule has 0 radical (unpaired) electrons. The molecule has 1 aromatic heterocycles. The average molecular weight is 275 g/mol. The van der Waals surface area contributed by atoms with Crippen LogP contribution in [0.1, 0.15) is 30.0 Å². The van der Waals surface area contributed by atoms with E-state index in [0.29, 0.717) is 0 Å². The molecule has 0 bridgehead atoms. The summed E-state index contributed by atoms with van der Waals surface area (Å²) in [6, 6.07) is 1.67. The van der Waals surface area contributed by atoms with Gasteiger partial charge in [0.1, 0.15) is 11.2 Å². The number of carbonyl (C=O) groups is 1. The van der Waals surface area contributed by atoms with Crippen molar-refractivity contribution in [2.24, 2.45) is 0 Å². The molecule has 0 amide bonds. The highest BCUT2D eigenvalue weighted by Gasteiger charge is 2.22. The van der Waals surface area contributed by atoms with Crippen LogP contribution in [0.25, 0.3) is 0 Å². The topological polar surface area (TPSA) is 63.0 Å². The molecule has 0 N–H and O–H groups in total. The van der Waals surface area contributed by atoms with Gasteiger partial charge in [-0.3, -0.25) is 4.79 Å². The number of rotatable bonds is 4. The monoisotopic (exact) mass is 274 g/mol. The molecule has 0 aliphatic carbocycles. The molecular formula is C11H9ClF2N2O2. The summed E-state index contributed by atoms with van der Waals surface area (Å²) in [5, 5.41) is 8.67. The van der Waals surface area contributed by atoms with Crippen molar-refractivity contribution in [1.29, 1.82) is 5.26 Å². The third kappa shape index (κ3) is 3.14. The average Bonchev–Trinajstić information content (AvgIpc) is 2.29. The first kappa shape index (κ1) is 14.3. The summed E-state index contributed by atoms with van der Waals surface area (Å²) in [4.78, 5) is 14.8. The standard InChI is InChI=1S/C11H9ClF2N2O2/c1-2-18-9(17)3-6-7(4-15)10(12)16-5-8(6)11(13)14/h5,11H,2-3H2,1H3. The Hall–Kier alpha value is -1.74. The van der Waals surface area contributed by atoms with Crippen LogP contribution in [-0.2, 0) is 16.0 Å². The summed E-state index contributed by atoms with van der Waals surface area (Å²) >= 11 is 5.64. The van der Waals surface area contributed by atoms with E-state index in [4.69, 9.17) is 16.9 Å². The van der Waals surface area contributed by atoms with E-state index in [1.165, 1.54) is 0 Å². The van der Waals surface area contributed by atoms with Gasteiger partial charge < -0.3 is 4.74 Å². The lowest BCUT2D eigenvalue weighted by atomic mass is 10.0. The predicted octanol–water partition coefficient (Wildman–Crippen LogP) is 2.65. The molecule has 0 aromatic carbocycles. The number of halogens is 3. The molecule has 1 heterocycles. The fraction of sp³-hybridized carbons (Fsp3) is 0.364. The second-order valence-corrected chi connectivity index (χ2v) is 3.61. The zero-order valence-corrected chi connectivity index (χ0v) is 10.2. The van der Waals surface area contributed by atoms with Crippen molar-refractivity contribution >= 4 is 17.6 Å². The van der Waals surface area contributed by atoms with Crippen molar-refractivity contribution in [2.75, 3.05) is 6.61 Å². The van der Waals surface area contributed by atoms with E-state index in [1.54, 1.807) is 13.0 Å². The summed E-state index contributed by atoms with van der Waals surface area (Å²) in [6.07, 6.45) is -2.41. The lowest BCUT2D eigenvalue weighted by molar-refractivity contribution is -0.142. The van der Waals surface area contributed by atoms with Gasteiger partial charge in [-0.2, -0.15) is 5.26 Å². The minimum absolute atomic E-state index is 0.129. The molecule has 1 aromatic rings. The first-order chi connectivity index (χ1) is 8.51. The van der Waals surface area contributed by atoms with Gasteiger partial charge in [-0.1, -0.05) is 11.6 Å². The molecule has 7 heteroatoms. The predicted molar refractivity (Wildman–Crippen MR) is 59.3 cm³/mol. The summed E-state index contributed by atoms with van der Waals surface area (Å²) in [5.74, 6) is -0.696. The summed E-state index contributed by atoms with van der Waals surface area (Å²) in [7, 11) is 0. The number of nitriles is 1. The Kier molecular flexibility index (Phi) is 4.98. The fourth-order valence-electron chi connectivity index (χ4n) is 1.39. The van der Waals surface area contributed by atoms with Gasteiger partial charge in [0.05, 0.1) is 18.6 Å². The van der Waals surface area contributed by atoms with E-state index >= 15 is 0 Å². The molecule has 0 saturated carbocycles. The molecular weight excluding hydrogens is 266 g/mol. The molecule has 0 unspecified atom stereocenters. The Labute approximate surface area is 107 Å². The van der Waals surface area contributed by atoms with Crippen molar-refractivity contribution < 1.29 is 18.3 Å². The molecule has 96 valence electrons. The molecule has 4 nitrogen and oxygen atoms in total. The number of hydrogen-bond donors (Lipinski definition) is 0. The maximum absolute atomic E-state index is 12.8. The molecule has 1 rings (SSSR count). The quantitative estimate of drug-likeness (QED) is 0.625. The van der Waals surface area contributed by atoms with Crippen LogP contribution >= 0.6 is 11.6 Å². The van der Waals surface area contributed by atoms with E-state index < -0.39 is 24.4 Å². The van der Waals surface area contributed by atoms with E-state index in [2.05, 4.69) is 9.72 Å². The second-order valence-electron chi connectivity index (χ2n) is 3.25. The molecule has 18 heavy (non-hydrogen) atoms. The summed E-state index contributed by atoms with van der Waals surface area (Å²) in [5.41, 5.74) is -0.836. The zero-order chi connectivity index (χ0) is 13.7. The minimum Gasteiger partial charge on any atom is -0.466 e. The first-order valence-electron chi connectivity index (χ1n) is 5.02. The smallest absolute Gasteiger partial charge is 0.310 e. The maximum Gasteiger partial charge on any atom is 0.310 e. The van der Waals surface area contributed by atoms with Crippen LogP contribution in [0.2, 0.25) is 5.15 Å². The highest BCUT2D eigenvalue weighted by atomic mass is 35.5. The van der Waals surface area contributed by atoms with Gasteiger partial charge in [0.15, 0.2) is 0 Å². The lowest BCUT2D eigenvalue weighted by Crippen LogP contribution is -2.12. The van der Waals surface area contributed by atoms with E-state index in [9.17, 15) is 13.6 Å². The molecule has 0 spiro atoms. The van der Waals surface area contributed by atoms with Gasteiger partial charge in [-0.15, -0.1) is 0 Å². The largest absolute Gasteiger partial charge is 0.466 e. The number of aromatic nitrogens is 1. The van der Waals surface area contributed by atoms with Crippen LogP contribution in [0.15, 0.2) is 6.20 Å².